The molecule has 2 unspecified atom stereocenters. The maximum Gasteiger partial charge on any atom is 0.305 e. The van der Waals surface area contributed by atoms with E-state index >= 15 is 0 Å². The van der Waals surface area contributed by atoms with Gasteiger partial charge in [-0.2, -0.15) is 0 Å². The van der Waals surface area contributed by atoms with Crippen molar-refractivity contribution in [3.8, 4) is 0 Å². The van der Waals surface area contributed by atoms with E-state index in [0.717, 1.165) is 51.4 Å². The first-order chi connectivity index (χ1) is 34.5. The number of carbonyl (C=O) groups excluding carboxylic acids is 2. The highest BCUT2D eigenvalue weighted by atomic mass is 16.5. The number of carbonyl (C=O) groups is 2. The average Bonchev–Trinajstić information content (AvgIpc) is 3.36. The predicted octanol–water partition coefficient (Wildman–Crippen LogP) is 19.8. The van der Waals surface area contributed by atoms with E-state index in [2.05, 4.69) is 43.5 Å². The molecule has 6 nitrogen and oxygen atoms in total. The Bertz CT molecular complexity index is 1090. The largest absolute Gasteiger partial charge is 0.466 e. The number of nitrogens with one attached hydrogen (secondary N) is 1. The van der Waals surface area contributed by atoms with Crippen molar-refractivity contribution in [3.05, 3.63) is 24.3 Å². The topological polar surface area (TPSA) is 95.9 Å². The van der Waals surface area contributed by atoms with Crippen molar-refractivity contribution < 1.29 is 24.5 Å². The molecule has 0 aromatic carbocycles. The lowest BCUT2D eigenvalue weighted by Crippen LogP contribution is -2.45. The van der Waals surface area contributed by atoms with Crippen LogP contribution in [0.2, 0.25) is 0 Å². The molecule has 2 atom stereocenters. The molecule has 70 heavy (non-hydrogen) atoms. The summed E-state index contributed by atoms with van der Waals surface area (Å²) in [6.07, 6.45) is 73.5. The highest BCUT2D eigenvalue weighted by molar-refractivity contribution is 5.76. The number of aliphatic hydroxyl groups excluding tert-OH is 2. The normalized spacial score (nSPS) is 12.7. The minimum Gasteiger partial charge on any atom is -0.466 e. The van der Waals surface area contributed by atoms with Crippen molar-refractivity contribution in [2.24, 2.45) is 0 Å². The summed E-state index contributed by atoms with van der Waals surface area (Å²) in [6.45, 7) is 4.92. The summed E-state index contributed by atoms with van der Waals surface area (Å²) in [4.78, 5) is 24.5. The van der Waals surface area contributed by atoms with Gasteiger partial charge in [0.1, 0.15) is 0 Å². The van der Waals surface area contributed by atoms with Crippen molar-refractivity contribution in [2.75, 3.05) is 13.2 Å². The Balaban J connectivity index is 3.31. The smallest absolute Gasteiger partial charge is 0.305 e. The van der Waals surface area contributed by atoms with Gasteiger partial charge in [0.15, 0.2) is 0 Å². The molecule has 0 saturated carbocycles. The number of ether oxygens (including phenoxy) is 1. The SMILES string of the molecule is CCCCC/C=C\C/C=C\CCCCCCCCCCCC(=O)OCCCCCCCCCCCCCCCCCCCCCCCCCCCC(=O)NC(CO)C(O)CCCCCCCCCCC. The lowest BCUT2D eigenvalue weighted by Gasteiger charge is -2.22. The number of allylic oxidation sites excluding steroid dienone is 4. The van der Waals surface area contributed by atoms with Gasteiger partial charge in [-0.15, -0.1) is 0 Å². The van der Waals surface area contributed by atoms with E-state index in [1.54, 1.807) is 0 Å². The highest BCUT2D eigenvalue weighted by Crippen LogP contribution is 2.18. The summed E-state index contributed by atoms with van der Waals surface area (Å²) in [5, 5.41) is 23.1. The van der Waals surface area contributed by atoms with Gasteiger partial charge < -0.3 is 20.3 Å². The van der Waals surface area contributed by atoms with Gasteiger partial charge in [0.2, 0.25) is 5.91 Å². The summed E-state index contributed by atoms with van der Waals surface area (Å²) in [6, 6.07) is -0.537. The first kappa shape index (κ1) is 68.3. The van der Waals surface area contributed by atoms with Gasteiger partial charge in [0.05, 0.1) is 25.4 Å². The summed E-state index contributed by atoms with van der Waals surface area (Å²) >= 11 is 0. The monoisotopic (exact) mass is 986 g/mol. The first-order valence-electron chi connectivity index (χ1n) is 31.6. The molecule has 0 aliphatic rings. The van der Waals surface area contributed by atoms with E-state index in [-0.39, 0.29) is 18.5 Å². The van der Waals surface area contributed by atoms with E-state index < -0.39 is 12.1 Å². The van der Waals surface area contributed by atoms with Crippen LogP contribution in [0.25, 0.3) is 0 Å². The molecule has 6 heteroatoms. The van der Waals surface area contributed by atoms with Crippen LogP contribution >= 0.6 is 0 Å². The molecule has 0 aliphatic heterocycles. The molecule has 1 amide bonds. The van der Waals surface area contributed by atoms with Crippen molar-refractivity contribution in [3.63, 3.8) is 0 Å². The lowest BCUT2D eigenvalue weighted by atomic mass is 10.0. The van der Waals surface area contributed by atoms with E-state index in [1.807, 2.05) is 0 Å². The Kier molecular flexibility index (Phi) is 58.5. The Labute approximate surface area is 437 Å². The van der Waals surface area contributed by atoms with Crippen LogP contribution in [0.15, 0.2) is 24.3 Å². The van der Waals surface area contributed by atoms with E-state index in [1.165, 1.54) is 263 Å². The second-order valence-electron chi connectivity index (χ2n) is 21.7. The fraction of sp³-hybridized carbons (Fsp3) is 0.906. The third kappa shape index (κ3) is 55.7. The van der Waals surface area contributed by atoms with Crippen molar-refractivity contribution >= 4 is 11.9 Å². The highest BCUT2D eigenvalue weighted by Gasteiger charge is 2.20. The number of esters is 1. The Morgan fingerprint density at radius 1 is 0.400 bits per heavy atom. The number of unbranched alkanes of at least 4 members (excludes halogenated alkanes) is 44. The molecule has 0 aliphatic carbocycles. The molecule has 0 saturated heterocycles. The zero-order valence-electron chi connectivity index (χ0n) is 47.3. The maximum atomic E-state index is 12.4. The number of amides is 1. The Morgan fingerprint density at radius 2 is 0.714 bits per heavy atom. The van der Waals surface area contributed by atoms with Gasteiger partial charge in [-0.1, -0.05) is 301 Å². The number of rotatable bonds is 59. The molecule has 0 aromatic rings. The zero-order chi connectivity index (χ0) is 50.7. The third-order valence-corrected chi connectivity index (χ3v) is 14.8. The molecule has 0 spiro atoms. The van der Waals surface area contributed by atoms with Crippen LogP contribution in [0.5, 0.6) is 0 Å². The average molecular weight is 987 g/mol. The van der Waals surface area contributed by atoms with Gasteiger partial charge in [0, 0.05) is 12.8 Å². The summed E-state index contributed by atoms with van der Waals surface area (Å²) in [5.41, 5.74) is 0. The predicted molar refractivity (Wildman–Crippen MR) is 306 cm³/mol. The standard InChI is InChI=1S/C64H123NO5/c1-3-5-7-9-11-13-14-15-16-17-25-29-32-35-38-42-46-50-54-58-64(69)70-59-55-51-47-43-39-36-33-30-27-24-22-20-18-19-21-23-26-28-31-34-37-41-45-49-53-57-63(68)65-61(60-66)62(67)56-52-48-44-40-12-10-8-6-4-2/h11,13,15-16,61-62,66-67H,3-10,12,14,17-60H2,1-2H3,(H,65,68)/b13-11-,16-15-. The summed E-state index contributed by atoms with van der Waals surface area (Å²) in [5.74, 6) is -0.0217. The van der Waals surface area contributed by atoms with Crippen LogP contribution in [0.3, 0.4) is 0 Å². The van der Waals surface area contributed by atoms with Crippen LogP contribution in [-0.4, -0.2) is 47.4 Å². The molecule has 414 valence electrons. The number of hydrogen-bond donors (Lipinski definition) is 3. The Hall–Kier alpha value is -1.66. The van der Waals surface area contributed by atoms with E-state index in [9.17, 15) is 19.8 Å². The summed E-state index contributed by atoms with van der Waals surface area (Å²) < 4.78 is 5.50. The number of hydrogen-bond acceptors (Lipinski definition) is 5. The van der Waals surface area contributed by atoms with Crippen LogP contribution in [-0.2, 0) is 14.3 Å². The van der Waals surface area contributed by atoms with Crippen LogP contribution in [0, 0.1) is 0 Å². The van der Waals surface area contributed by atoms with Gasteiger partial charge in [-0.05, 0) is 57.8 Å². The first-order valence-corrected chi connectivity index (χ1v) is 31.6. The quantitative estimate of drug-likeness (QED) is 0.0321. The molecule has 0 radical (unpaired) electrons. The number of aliphatic hydroxyl groups is 2. The van der Waals surface area contributed by atoms with Crippen molar-refractivity contribution in [1.82, 2.24) is 5.32 Å². The lowest BCUT2D eigenvalue weighted by molar-refractivity contribution is -0.143. The minimum absolute atomic E-state index is 0.0129. The van der Waals surface area contributed by atoms with Crippen LogP contribution in [0.4, 0.5) is 0 Å². The van der Waals surface area contributed by atoms with Gasteiger partial charge >= 0.3 is 5.97 Å². The second-order valence-corrected chi connectivity index (χ2v) is 21.7. The molecule has 0 rings (SSSR count). The Morgan fingerprint density at radius 3 is 1.11 bits per heavy atom. The maximum absolute atomic E-state index is 12.4. The molecule has 0 aromatic heterocycles. The van der Waals surface area contributed by atoms with E-state index in [4.69, 9.17) is 4.74 Å². The molecule has 3 N–H and O–H groups in total. The van der Waals surface area contributed by atoms with Gasteiger partial charge in [0.25, 0.3) is 0 Å². The van der Waals surface area contributed by atoms with Gasteiger partial charge in [-0.3, -0.25) is 9.59 Å². The zero-order valence-corrected chi connectivity index (χ0v) is 47.3. The van der Waals surface area contributed by atoms with Crippen LogP contribution < -0.4 is 5.32 Å². The van der Waals surface area contributed by atoms with E-state index in [0.29, 0.717) is 25.9 Å². The molecular formula is C64H123NO5. The van der Waals surface area contributed by atoms with Crippen LogP contribution in [0.1, 0.15) is 348 Å². The molecule has 0 bridgehead atoms. The third-order valence-electron chi connectivity index (χ3n) is 14.8. The fourth-order valence-electron chi connectivity index (χ4n) is 9.91. The molecule has 0 fully saturated rings. The van der Waals surface area contributed by atoms with Gasteiger partial charge in [-0.25, -0.2) is 0 Å². The second kappa shape index (κ2) is 59.9. The molecular weight excluding hydrogens is 863 g/mol. The van der Waals surface area contributed by atoms with Crippen molar-refractivity contribution in [2.45, 2.75) is 360 Å². The van der Waals surface area contributed by atoms with Crippen molar-refractivity contribution in [1.29, 1.82) is 0 Å². The minimum atomic E-state index is -0.660. The molecule has 0 heterocycles. The summed E-state index contributed by atoms with van der Waals surface area (Å²) in [7, 11) is 0. The fourth-order valence-corrected chi connectivity index (χ4v) is 9.91.